The summed E-state index contributed by atoms with van der Waals surface area (Å²) >= 11 is 0. The number of nitrogens with one attached hydrogen (secondary N) is 1. The Morgan fingerprint density at radius 3 is 2.48 bits per heavy atom. The Balaban J connectivity index is 1.45. The van der Waals surface area contributed by atoms with Gasteiger partial charge in [0.2, 0.25) is 0 Å². The number of nitrogens with zero attached hydrogens (tertiary/aromatic N) is 1. The van der Waals surface area contributed by atoms with Crippen molar-refractivity contribution in [3.05, 3.63) is 102 Å². The van der Waals surface area contributed by atoms with Crippen LogP contribution in [0.1, 0.15) is 22.8 Å². The highest BCUT2D eigenvalue weighted by molar-refractivity contribution is 7.92. The standard InChI is InChI=1S/C26H21FN2O3S/c1-17-15-20-16-19(26(30)28-24-8-4-6-18-5-2-3-7-23(18)24)9-14-25(20)29(17)33(31,32)22-12-10-21(27)11-13-22/h2-14,16-17H,15H2,1H3,(H,28,30)/t17-/m1/s1. The third-order valence-corrected chi connectivity index (χ3v) is 7.85. The molecular weight excluding hydrogens is 439 g/mol. The molecule has 0 bridgehead atoms. The molecule has 4 aromatic rings. The number of amides is 1. The number of sulfonamides is 1. The Morgan fingerprint density at radius 1 is 0.970 bits per heavy atom. The van der Waals surface area contributed by atoms with E-state index in [0.29, 0.717) is 23.4 Å². The second-order valence-electron chi connectivity index (χ2n) is 8.13. The molecule has 1 amide bonds. The van der Waals surface area contributed by atoms with E-state index in [1.54, 1.807) is 18.2 Å². The van der Waals surface area contributed by atoms with Crippen LogP contribution in [0.3, 0.4) is 0 Å². The first-order chi connectivity index (χ1) is 15.8. The summed E-state index contributed by atoms with van der Waals surface area (Å²) in [5.74, 6) is -0.757. The van der Waals surface area contributed by atoms with Crippen LogP contribution in [0.4, 0.5) is 15.8 Å². The highest BCUT2D eigenvalue weighted by Crippen LogP contribution is 2.37. The molecule has 166 valence electrons. The molecule has 0 aromatic heterocycles. The van der Waals surface area contributed by atoms with Crippen molar-refractivity contribution in [1.82, 2.24) is 0 Å². The number of anilines is 2. The molecule has 0 spiro atoms. The van der Waals surface area contributed by atoms with E-state index in [2.05, 4.69) is 5.32 Å². The predicted octanol–water partition coefficient (Wildman–Crippen LogP) is 5.37. The number of hydrogen-bond acceptors (Lipinski definition) is 3. The summed E-state index contributed by atoms with van der Waals surface area (Å²) in [4.78, 5) is 13.0. The number of benzene rings is 4. The second kappa shape index (κ2) is 8.01. The normalized spacial score (nSPS) is 15.5. The lowest BCUT2D eigenvalue weighted by molar-refractivity contribution is 0.102. The molecular formula is C26H21FN2O3S. The van der Waals surface area contributed by atoms with Crippen molar-refractivity contribution in [2.45, 2.75) is 24.3 Å². The average Bonchev–Trinajstić information content (AvgIpc) is 3.15. The van der Waals surface area contributed by atoms with Gasteiger partial charge in [-0.05, 0) is 72.8 Å². The lowest BCUT2D eigenvalue weighted by Crippen LogP contribution is -2.35. The van der Waals surface area contributed by atoms with Crippen molar-refractivity contribution in [2.24, 2.45) is 0 Å². The van der Waals surface area contributed by atoms with Crippen LogP contribution in [-0.4, -0.2) is 20.4 Å². The summed E-state index contributed by atoms with van der Waals surface area (Å²) < 4.78 is 41.1. The van der Waals surface area contributed by atoms with Crippen molar-refractivity contribution in [3.8, 4) is 0 Å². The topological polar surface area (TPSA) is 66.5 Å². The first-order valence-corrected chi connectivity index (χ1v) is 12.0. The molecule has 0 fully saturated rings. The quantitative estimate of drug-likeness (QED) is 0.445. The monoisotopic (exact) mass is 460 g/mol. The SMILES string of the molecule is C[C@@H]1Cc2cc(C(=O)Nc3cccc4ccccc34)ccc2N1S(=O)(=O)c1ccc(F)cc1. The summed E-state index contributed by atoms with van der Waals surface area (Å²) in [6.45, 7) is 1.82. The molecule has 33 heavy (non-hydrogen) atoms. The fourth-order valence-electron chi connectivity index (χ4n) is 4.36. The Bertz CT molecular complexity index is 1480. The lowest BCUT2D eigenvalue weighted by atomic mass is 10.1. The zero-order valence-corrected chi connectivity index (χ0v) is 18.6. The van der Waals surface area contributed by atoms with E-state index in [9.17, 15) is 17.6 Å². The minimum atomic E-state index is -3.86. The zero-order chi connectivity index (χ0) is 23.2. The van der Waals surface area contributed by atoms with Crippen molar-refractivity contribution in [2.75, 3.05) is 9.62 Å². The van der Waals surface area contributed by atoms with Crippen LogP contribution in [0.15, 0.2) is 89.8 Å². The van der Waals surface area contributed by atoms with Gasteiger partial charge in [0.05, 0.1) is 10.6 Å². The predicted molar refractivity (Wildman–Crippen MR) is 128 cm³/mol. The minimum Gasteiger partial charge on any atom is -0.321 e. The minimum absolute atomic E-state index is 0.0291. The Hall–Kier alpha value is -3.71. The van der Waals surface area contributed by atoms with Crippen LogP contribution in [0.25, 0.3) is 10.8 Å². The van der Waals surface area contributed by atoms with Gasteiger partial charge in [0.25, 0.3) is 15.9 Å². The van der Waals surface area contributed by atoms with E-state index in [1.807, 2.05) is 49.4 Å². The fraction of sp³-hybridized carbons (Fsp3) is 0.115. The summed E-state index contributed by atoms with van der Waals surface area (Å²) in [7, 11) is -3.86. The molecule has 1 aliphatic heterocycles. The van der Waals surface area contributed by atoms with Gasteiger partial charge in [0.15, 0.2) is 0 Å². The number of fused-ring (bicyclic) bond motifs is 2. The van der Waals surface area contributed by atoms with Crippen LogP contribution in [0.2, 0.25) is 0 Å². The molecule has 1 aliphatic rings. The first-order valence-electron chi connectivity index (χ1n) is 10.6. The number of halogens is 1. The molecule has 5 rings (SSSR count). The molecule has 0 unspecified atom stereocenters. The molecule has 1 atom stereocenters. The average molecular weight is 461 g/mol. The maximum atomic E-state index is 13.3. The second-order valence-corrected chi connectivity index (χ2v) is 9.95. The third kappa shape index (κ3) is 3.74. The summed E-state index contributed by atoms with van der Waals surface area (Å²) in [5, 5.41) is 4.94. The van der Waals surface area contributed by atoms with E-state index in [0.717, 1.165) is 28.5 Å². The van der Waals surface area contributed by atoms with E-state index < -0.39 is 15.8 Å². The van der Waals surface area contributed by atoms with Gasteiger partial charge in [0, 0.05) is 22.7 Å². The van der Waals surface area contributed by atoms with Crippen LogP contribution in [0, 0.1) is 5.82 Å². The van der Waals surface area contributed by atoms with Gasteiger partial charge in [-0.2, -0.15) is 0 Å². The van der Waals surface area contributed by atoms with Crippen molar-refractivity contribution in [3.63, 3.8) is 0 Å². The highest BCUT2D eigenvalue weighted by atomic mass is 32.2. The van der Waals surface area contributed by atoms with E-state index >= 15 is 0 Å². The maximum Gasteiger partial charge on any atom is 0.264 e. The molecule has 0 saturated carbocycles. The molecule has 5 nitrogen and oxygen atoms in total. The third-order valence-electron chi connectivity index (χ3n) is 5.90. The van der Waals surface area contributed by atoms with Crippen LogP contribution in [0.5, 0.6) is 0 Å². The van der Waals surface area contributed by atoms with E-state index in [1.165, 1.54) is 16.4 Å². The van der Waals surface area contributed by atoms with E-state index in [-0.39, 0.29) is 16.8 Å². The molecule has 1 heterocycles. The van der Waals surface area contributed by atoms with Crippen LogP contribution >= 0.6 is 0 Å². The smallest absolute Gasteiger partial charge is 0.264 e. The van der Waals surface area contributed by atoms with Gasteiger partial charge < -0.3 is 5.32 Å². The molecule has 4 aromatic carbocycles. The highest BCUT2D eigenvalue weighted by Gasteiger charge is 2.36. The van der Waals surface area contributed by atoms with Crippen LogP contribution < -0.4 is 9.62 Å². The Labute approximate surface area is 191 Å². The van der Waals surface area contributed by atoms with Gasteiger partial charge in [-0.15, -0.1) is 0 Å². The van der Waals surface area contributed by atoms with Gasteiger partial charge in [-0.25, -0.2) is 12.8 Å². The number of carbonyl (C=O) groups excluding carboxylic acids is 1. The van der Waals surface area contributed by atoms with Crippen molar-refractivity contribution in [1.29, 1.82) is 0 Å². The molecule has 0 radical (unpaired) electrons. The number of carbonyl (C=O) groups is 1. The van der Waals surface area contributed by atoms with Crippen LogP contribution in [-0.2, 0) is 16.4 Å². The molecule has 1 N–H and O–H groups in total. The first kappa shape index (κ1) is 21.2. The molecule has 7 heteroatoms. The summed E-state index contributed by atoms with van der Waals surface area (Å²) in [6.07, 6.45) is 0.477. The largest absolute Gasteiger partial charge is 0.321 e. The van der Waals surface area contributed by atoms with Crippen molar-refractivity contribution < 1.29 is 17.6 Å². The lowest BCUT2D eigenvalue weighted by Gasteiger charge is -2.24. The Morgan fingerprint density at radius 2 is 1.70 bits per heavy atom. The molecule has 0 saturated heterocycles. The summed E-state index contributed by atoms with van der Waals surface area (Å²) in [5.41, 5.74) is 2.48. The van der Waals surface area contributed by atoms with Gasteiger partial charge >= 0.3 is 0 Å². The number of hydrogen-bond donors (Lipinski definition) is 1. The van der Waals surface area contributed by atoms with Gasteiger partial charge in [-0.1, -0.05) is 36.4 Å². The summed E-state index contributed by atoms with van der Waals surface area (Å²) in [6, 6.07) is 23.0. The maximum absolute atomic E-state index is 13.3. The van der Waals surface area contributed by atoms with Crippen molar-refractivity contribution >= 4 is 38.1 Å². The van der Waals surface area contributed by atoms with E-state index in [4.69, 9.17) is 0 Å². The zero-order valence-electron chi connectivity index (χ0n) is 17.8. The van der Waals surface area contributed by atoms with Gasteiger partial charge in [0.1, 0.15) is 5.82 Å². The fourth-order valence-corrected chi connectivity index (χ4v) is 6.05. The molecule has 0 aliphatic carbocycles. The van der Waals surface area contributed by atoms with Gasteiger partial charge in [-0.3, -0.25) is 9.10 Å². The number of rotatable bonds is 4. The Kier molecular flexibility index (Phi) is 5.13.